The molecule has 1 heterocycles. The Morgan fingerprint density at radius 2 is 2.29 bits per heavy atom. The van der Waals surface area contributed by atoms with Gasteiger partial charge in [0, 0.05) is 18.9 Å². The van der Waals surface area contributed by atoms with Gasteiger partial charge < -0.3 is 9.88 Å². The number of aryl methyl sites for hydroxylation is 1. The van der Waals surface area contributed by atoms with E-state index in [-0.39, 0.29) is 11.9 Å². The quantitative estimate of drug-likeness (QED) is 0.878. The molecule has 2 aromatic rings. The lowest BCUT2D eigenvalue weighted by Crippen LogP contribution is -2.11. The Labute approximate surface area is 100 Å². The minimum absolute atomic E-state index is 0.0263. The van der Waals surface area contributed by atoms with Crippen LogP contribution in [0.3, 0.4) is 0 Å². The van der Waals surface area contributed by atoms with Gasteiger partial charge in [-0.05, 0) is 31.5 Å². The molecule has 0 aliphatic rings. The summed E-state index contributed by atoms with van der Waals surface area (Å²) in [5, 5.41) is 3.27. The fourth-order valence-electron chi connectivity index (χ4n) is 1.76. The summed E-state index contributed by atoms with van der Waals surface area (Å²) in [5.41, 5.74) is 0.913. The maximum atomic E-state index is 13.1. The lowest BCUT2D eigenvalue weighted by Gasteiger charge is -2.15. The topological polar surface area (TPSA) is 29.9 Å². The molecule has 1 atom stereocenters. The Kier molecular flexibility index (Phi) is 3.42. The van der Waals surface area contributed by atoms with Crippen molar-refractivity contribution in [2.24, 2.45) is 0 Å². The maximum Gasteiger partial charge on any atom is 0.203 e. The van der Waals surface area contributed by atoms with Crippen molar-refractivity contribution in [3.8, 4) is 0 Å². The molecule has 3 nitrogen and oxygen atoms in total. The predicted molar refractivity (Wildman–Crippen MR) is 66.3 cm³/mol. The molecule has 17 heavy (non-hydrogen) atoms. The van der Waals surface area contributed by atoms with E-state index in [1.165, 1.54) is 12.1 Å². The van der Waals surface area contributed by atoms with Crippen LogP contribution in [0.25, 0.3) is 0 Å². The van der Waals surface area contributed by atoms with Gasteiger partial charge in [0.2, 0.25) is 5.95 Å². The normalized spacial score (nSPS) is 12.4. The molecule has 0 saturated heterocycles. The second-order valence-electron chi connectivity index (χ2n) is 3.96. The average Bonchev–Trinajstić information content (AvgIpc) is 2.76. The Morgan fingerprint density at radius 3 is 3.00 bits per heavy atom. The maximum absolute atomic E-state index is 13.1. The summed E-state index contributed by atoms with van der Waals surface area (Å²) in [6, 6.07) is 6.63. The van der Waals surface area contributed by atoms with E-state index in [0.29, 0.717) is 0 Å². The number of anilines is 1. The van der Waals surface area contributed by atoms with Crippen LogP contribution in [0.15, 0.2) is 36.7 Å². The Bertz CT molecular complexity index is 493. The van der Waals surface area contributed by atoms with Gasteiger partial charge in [-0.2, -0.15) is 0 Å². The van der Waals surface area contributed by atoms with E-state index in [1.807, 2.05) is 23.8 Å². The molecule has 0 amide bonds. The van der Waals surface area contributed by atoms with Crippen molar-refractivity contribution in [3.63, 3.8) is 0 Å². The van der Waals surface area contributed by atoms with Crippen LogP contribution in [0.1, 0.15) is 25.5 Å². The number of halogens is 1. The monoisotopic (exact) mass is 233 g/mol. The summed E-state index contributed by atoms with van der Waals surface area (Å²) >= 11 is 0. The smallest absolute Gasteiger partial charge is 0.203 e. The van der Waals surface area contributed by atoms with Gasteiger partial charge in [-0.25, -0.2) is 9.37 Å². The molecule has 0 saturated carbocycles. The van der Waals surface area contributed by atoms with Crippen LogP contribution in [0, 0.1) is 5.82 Å². The zero-order chi connectivity index (χ0) is 12.3. The number of nitrogens with one attached hydrogen (secondary N) is 1. The molecule has 0 spiro atoms. The fraction of sp³-hybridized carbons (Fsp3) is 0.308. The van der Waals surface area contributed by atoms with Crippen molar-refractivity contribution in [2.75, 3.05) is 5.32 Å². The zero-order valence-corrected chi connectivity index (χ0v) is 10.0. The average molecular weight is 233 g/mol. The minimum Gasteiger partial charge on any atom is -0.349 e. The summed E-state index contributed by atoms with van der Waals surface area (Å²) in [6.07, 6.45) is 3.67. The van der Waals surface area contributed by atoms with E-state index in [2.05, 4.69) is 17.2 Å². The number of nitrogens with zero attached hydrogens (tertiary/aromatic N) is 2. The fourth-order valence-corrected chi connectivity index (χ4v) is 1.76. The molecule has 1 N–H and O–H groups in total. The van der Waals surface area contributed by atoms with Gasteiger partial charge in [-0.15, -0.1) is 0 Å². The summed E-state index contributed by atoms with van der Waals surface area (Å²) in [7, 11) is 0. The largest absolute Gasteiger partial charge is 0.349 e. The number of benzene rings is 1. The first-order valence-corrected chi connectivity index (χ1v) is 5.74. The number of imidazole rings is 1. The molecule has 0 aliphatic carbocycles. The highest BCUT2D eigenvalue weighted by molar-refractivity contribution is 5.32. The Hall–Kier alpha value is -1.84. The molecule has 0 radical (unpaired) electrons. The van der Waals surface area contributed by atoms with E-state index < -0.39 is 0 Å². The van der Waals surface area contributed by atoms with Gasteiger partial charge in [-0.3, -0.25) is 0 Å². The lowest BCUT2D eigenvalue weighted by molar-refractivity contribution is 0.623. The van der Waals surface area contributed by atoms with Crippen molar-refractivity contribution < 1.29 is 4.39 Å². The van der Waals surface area contributed by atoms with Crippen LogP contribution in [0.4, 0.5) is 10.3 Å². The first-order chi connectivity index (χ1) is 8.20. The zero-order valence-electron chi connectivity index (χ0n) is 10.0. The minimum atomic E-state index is -0.213. The van der Waals surface area contributed by atoms with Crippen molar-refractivity contribution in [3.05, 3.63) is 48.0 Å². The highest BCUT2D eigenvalue weighted by Crippen LogP contribution is 2.18. The third-order valence-corrected chi connectivity index (χ3v) is 2.75. The SMILES string of the molecule is CCn1ccnc1NC(C)c1cccc(F)c1. The van der Waals surface area contributed by atoms with Gasteiger partial charge in [0.05, 0.1) is 6.04 Å². The second-order valence-corrected chi connectivity index (χ2v) is 3.96. The second kappa shape index (κ2) is 4.99. The summed E-state index contributed by atoms with van der Waals surface area (Å²) in [6.45, 7) is 4.90. The van der Waals surface area contributed by atoms with E-state index in [9.17, 15) is 4.39 Å². The molecule has 1 unspecified atom stereocenters. The van der Waals surface area contributed by atoms with Crippen LogP contribution in [0.2, 0.25) is 0 Å². The number of rotatable bonds is 4. The Balaban J connectivity index is 2.14. The Morgan fingerprint density at radius 1 is 1.47 bits per heavy atom. The number of hydrogen-bond acceptors (Lipinski definition) is 2. The van der Waals surface area contributed by atoms with Gasteiger partial charge in [0.15, 0.2) is 0 Å². The number of aromatic nitrogens is 2. The highest BCUT2D eigenvalue weighted by Gasteiger charge is 2.08. The van der Waals surface area contributed by atoms with E-state index >= 15 is 0 Å². The third-order valence-electron chi connectivity index (χ3n) is 2.75. The molecule has 4 heteroatoms. The van der Waals surface area contributed by atoms with Crippen molar-refractivity contribution in [2.45, 2.75) is 26.4 Å². The van der Waals surface area contributed by atoms with Gasteiger partial charge >= 0.3 is 0 Å². The molecule has 90 valence electrons. The van der Waals surface area contributed by atoms with Crippen LogP contribution in [-0.2, 0) is 6.54 Å². The molecule has 0 aliphatic heterocycles. The molecular formula is C13H16FN3. The van der Waals surface area contributed by atoms with Crippen LogP contribution < -0.4 is 5.32 Å². The first kappa shape index (κ1) is 11.6. The number of hydrogen-bond donors (Lipinski definition) is 1. The van der Waals surface area contributed by atoms with Gasteiger partial charge in [-0.1, -0.05) is 12.1 Å². The molecule has 1 aromatic heterocycles. The van der Waals surface area contributed by atoms with E-state index in [1.54, 1.807) is 12.3 Å². The van der Waals surface area contributed by atoms with Gasteiger partial charge in [0.1, 0.15) is 5.82 Å². The molecule has 2 rings (SSSR count). The van der Waals surface area contributed by atoms with E-state index in [4.69, 9.17) is 0 Å². The van der Waals surface area contributed by atoms with E-state index in [0.717, 1.165) is 18.1 Å². The van der Waals surface area contributed by atoms with Crippen molar-refractivity contribution in [1.29, 1.82) is 0 Å². The highest BCUT2D eigenvalue weighted by atomic mass is 19.1. The molecular weight excluding hydrogens is 217 g/mol. The van der Waals surface area contributed by atoms with Crippen LogP contribution >= 0.6 is 0 Å². The summed E-state index contributed by atoms with van der Waals surface area (Å²) < 4.78 is 15.1. The predicted octanol–water partition coefficient (Wildman–Crippen LogP) is 3.22. The summed E-state index contributed by atoms with van der Waals surface area (Å²) in [4.78, 5) is 4.23. The van der Waals surface area contributed by atoms with Crippen molar-refractivity contribution in [1.82, 2.24) is 9.55 Å². The first-order valence-electron chi connectivity index (χ1n) is 5.74. The van der Waals surface area contributed by atoms with Crippen molar-refractivity contribution >= 4 is 5.95 Å². The third kappa shape index (κ3) is 2.64. The molecule has 0 bridgehead atoms. The van der Waals surface area contributed by atoms with Crippen LogP contribution in [0.5, 0.6) is 0 Å². The molecule has 0 fully saturated rings. The standard InChI is InChI=1S/C13H16FN3/c1-3-17-8-7-15-13(17)16-10(2)11-5-4-6-12(14)9-11/h4-10H,3H2,1-2H3,(H,15,16). The molecule has 1 aromatic carbocycles. The summed E-state index contributed by atoms with van der Waals surface area (Å²) in [5.74, 6) is 0.597. The van der Waals surface area contributed by atoms with Gasteiger partial charge in [0.25, 0.3) is 0 Å². The lowest BCUT2D eigenvalue weighted by atomic mass is 10.1. The van der Waals surface area contributed by atoms with Crippen LogP contribution in [-0.4, -0.2) is 9.55 Å².